The maximum Gasteiger partial charge on any atom is 0.0471 e. The van der Waals surface area contributed by atoms with Crippen LogP contribution in [0.25, 0.3) is 0 Å². The molecule has 72 valence electrons. The minimum Gasteiger partial charge on any atom is -0.396 e. The molecule has 0 aliphatic carbocycles. The highest BCUT2D eigenvalue weighted by atomic mass is 16.3. The Balaban J connectivity index is 2.79. The van der Waals surface area contributed by atoms with Crippen LogP contribution in [0, 0.1) is 6.92 Å². The molecule has 0 aliphatic heterocycles. The van der Waals surface area contributed by atoms with E-state index in [1.165, 1.54) is 11.1 Å². The van der Waals surface area contributed by atoms with Gasteiger partial charge >= 0.3 is 0 Å². The number of benzene rings is 1. The summed E-state index contributed by atoms with van der Waals surface area (Å²) in [5.41, 5.74) is 3.53. The Labute approximate surface area is 78.8 Å². The normalized spacial score (nSPS) is 10.4. The summed E-state index contributed by atoms with van der Waals surface area (Å²) >= 11 is 0. The zero-order valence-corrected chi connectivity index (χ0v) is 7.95. The topological polar surface area (TPSA) is 40.5 Å². The van der Waals surface area contributed by atoms with E-state index < -0.39 is 0 Å². The fraction of sp³-hybridized carbons (Fsp3) is 0.455. The lowest BCUT2D eigenvalue weighted by atomic mass is 10.0. The van der Waals surface area contributed by atoms with Crippen molar-refractivity contribution in [3.8, 4) is 0 Å². The summed E-state index contributed by atoms with van der Waals surface area (Å²) in [5, 5.41) is 17.5. The van der Waals surface area contributed by atoms with Crippen molar-refractivity contribution in [1.29, 1.82) is 0 Å². The van der Waals surface area contributed by atoms with Crippen molar-refractivity contribution in [1.82, 2.24) is 0 Å². The third-order valence-corrected chi connectivity index (χ3v) is 2.19. The SMILES string of the molecule is Cc1cc(CCO)ccc1CCO. The maximum absolute atomic E-state index is 8.78. The van der Waals surface area contributed by atoms with Crippen LogP contribution in [-0.4, -0.2) is 23.4 Å². The Bertz CT molecular complexity index is 269. The second kappa shape index (κ2) is 5.00. The predicted octanol–water partition coefficient (Wildman–Crippen LogP) is 1.06. The summed E-state index contributed by atoms with van der Waals surface area (Å²) in [4.78, 5) is 0. The van der Waals surface area contributed by atoms with E-state index in [4.69, 9.17) is 10.2 Å². The average Bonchev–Trinajstić information content (AvgIpc) is 2.10. The van der Waals surface area contributed by atoms with Crippen molar-refractivity contribution in [3.63, 3.8) is 0 Å². The molecule has 0 heterocycles. The van der Waals surface area contributed by atoms with E-state index in [2.05, 4.69) is 6.07 Å². The second-order valence-corrected chi connectivity index (χ2v) is 3.21. The average molecular weight is 180 g/mol. The van der Waals surface area contributed by atoms with Gasteiger partial charge in [-0.3, -0.25) is 0 Å². The molecule has 0 bridgehead atoms. The Hall–Kier alpha value is -0.860. The number of hydrogen-bond acceptors (Lipinski definition) is 2. The van der Waals surface area contributed by atoms with E-state index in [1.807, 2.05) is 19.1 Å². The first kappa shape index (κ1) is 10.2. The van der Waals surface area contributed by atoms with Gasteiger partial charge in [0, 0.05) is 13.2 Å². The standard InChI is InChI=1S/C11H16O2/c1-9-8-10(4-6-12)2-3-11(9)5-7-13/h2-3,8,12-13H,4-7H2,1H3. The van der Waals surface area contributed by atoms with Crippen LogP contribution in [-0.2, 0) is 12.8 Å². The molecule has 1 rings (SSSR count). The van der Waals surface area contributed by atoms with Crippen molar-refractivity contribution < 1.29 is 10.2 Å². The van der Waals surface area contributed by atoms with Crippen LogP contribution < -0.4 is 0 Å². The van der Waals surface area contributed by atoms with E-state index in [0.29, 0.717) is 12.8 Å². The van der Waals surface area contributed by atoms with Crippen LogP contribution in [0.15, 0.2) is 18.2 Å². The van der Waals surface area contributed by atoms with Crippen molar-refractivity contribution in [2.45, 2.75) is 19.8 Å². The highest BCUT2D eigenvalue weighted by molar-refractivity contribution is 5.31. The van der Waals surface area contributed by atoms with Crippen LogP contribution in [0.3, 0.4) is 0 Å². The minimum atomic E-state index is 0.193. The molecule has 2 heteroatoms. The molecule has 1 aromatic rings. The van der Waals surface area contributed by atoms with Gasteiger partial charge in [0.2, 0.25) is 0 Å². The number of rotatable bonds is 4. The molecule has 0 aliphatic rings. The van der Waals surface area contributed by atoms with Gasteiger partial charge in [-0.15, -0.1) is 0 Å². The quantitative estimate of drug-likeness (QED) is 0.727. The van der Waals surface area contributed by atoms with Crippen molar-refractivity contribution >= 4 is 0 Å². The van der Waals surface area contributed by atoms with Crippen LogP contribution in [0.5, 0.6) is 0 Å². The molecule has 0 spiro atoms. The Kier molecular flexibility index (Phi) is 3.93. The fourth-order valence-corrected chi connectivity index (χ4v) is 1.44. The number of aryl methyl sites for hydroxylation is 1. The molecule has 2 N–H and O–H groups in total. The van der Waals surface area contributed by atoms with E-state index >= 15 is 0 Å². The molecule has 1 aromatic carbocycles. The summed E-state index contributed by atoms with van der Waals surface area (Å²) < 4.78 is 0. The third kappa shape index (κ3) is 2.83. The number of aliphatic hydroxyl groups is 2. The highest BCUT2D eigenvalue weighted by Crippen LogP contribution is 2.11. The van der Waals surface area contributed by atoms with Gasteiger partial charge in [-0.25, -0.2) is 0 Å². The minimum absolute atomic E-state index is 0.193. The molecule has 0 aromatic heterocycles. The predicted molar refractivity (Wildman–Crippen MR) is 52.8 cm³/mol. The first-order chi connectivity index (χ1) is 6.27. The summed E-state index contributed by atoms with van der Waals surface area (Å²) in [7, 11) is 0. The Morgan fingerprint density at radius 1 is 1.08 bits per heavy atom. The van der Waals surface area contributed by atoms with Crippen molar-refractivity contribution in [3.05, 3.63) is 34.9 Å². The lowest BCUT2D eigenvalue weighted by molar-refractivity contribution is 0.298. The Morgan fingerprint density at radius 2 is 1.77 bits per heavy atom. The molecular weight excluding hydrogens is 164 g/mol. The summed E-state index contributed by atoms with van der Waals surface area (Å²) in [6.45, 7) is 2.42. The zero-order chi connectivity index (χ0) is 9.68. The lowest BCUT2D eigenvalue weighted by Crippen LogP contribution is -1.97. The maximum atomic E-state index is 8.78. The zero-order valence-electron chi connectivity index (χ0n) is 7.95. The molecule has 0 atom stereocenters. The molecular formula is C11H16O2. The van der Waals surface area contributed by atoms with Crippen LogP contribution >= 0.6 is 0 Å². The molecule has 0 unspecified atom stereocenters. The third-order valence-electron chi connectivity index (χ3n) is 2.19. The van der Waals surface area contributed by atoms with E-state index in [0.717, 1.165) is 5.56 Å². The fourth-order valence-electron chi connectivity index (χ4n) is 1.44. The molecule has 0 saturated heterocycles. The summed E-state index contributed by atoms with van der Waals surface area (Å²) in [5.74, 6) is 0. The van der Waals surface area contributed by atoms with Gasteiger partial charge in [0.1, 0.15) is 0 Å². The van der Waals surface area contributed by atoms with Crippen molar-refractivity contribution in [2.24, 2.45) is 0 Å². The van der Waals surface area contributed by atoms with Crippen LogP contribution in [0.2, 0.25) is 0 Å². The Morgan fingerprint density at radius 3 is 2.31 bits per heavy atom. The highest BCUT2D eigenvalue weighted by Gasteiger charge is 1.99. The smallest absolute Gasteiger partial charge is 0.0471 e. The van der Waals surface area contributed by atoms with Gasteiger partial charge in [-0.2, -0.15) is 0 Å². The first-order valence-corrected chi connectivity index (χ1v) is 4.58. The van der Waals surface area contributed by atoms with Crippen molar-refractivity contribution in [2.75, 3.05) is 13.2 Å². The van der Waals surface area contributed by atoms with Crippen LogP contribution in [0.4, 0.5) is 0 Å². The van der Waals surface area contributed by atoms with Gasteiger partial charge in [0.15, 0.2) is 0 Å². The van der Waals surface area contributed by atoms with Gasteiger partial charge in [0.05, 0.1) is 0 Å². The van der Waals surface area contributed by atoms with Gasteiger partial charge < -0.3 is 10.2 Å². The largest absolute Gasteiger partial charge is 0.396 e. The van der Waals surface area contributed by atoms with Gasteiger partial charge in [-0.1, -0.05) is 18.2 Å². The molecule has 0 radical (unpaired) electrons. The molecule has 0 amide bonds. The van der Waals surface area contributed by atoms with E-state index in [1.54, 1.807) is 0 Å². The number of hydrogen-bond donors (Lipinski definition) is 2. The van der Waals surface area contributed by atoms with E-state index in [-0.39, 0.29) is 13.2 Å². The van der Waals surface area contributed by atoms with Gasteiger partial charge in [-0.05, 0) is 36.5 Å². The molecule has 0 saturated carbocycles. The molecule has 13 heavy (non-hydrogen) atoms. The lowest BCUT2D eigenvalue weighted by Gasteiger charge is -2.06. The van der Waals surface area contributed by atoms with Gasteiger partial charge in [0.25, 0.3) is 0 Å². The van der Waals surface area contributed by atoms with E-state index in [9.17, 15) is 0 Å². The van der Waals surface area contributed by atoms with Crippen LogP contribution in [0.1, 0.15) is 16.7 Å². The number of aliphatic hydroxyl groups excluding tert-OH is 2. The first-order valence-electron chi connectivity index (χ1n) is 4.58. The second-order valence-electron chi connectivity index (χ2n) is 3.21. The monoisotopic (exact) mass is 180 g/mol. The molecule has 2 nitrogen and oxygen atoms in total. The summed E-state index contributed by atoms with van der Waals surface area (Å²) in [6.07, 6.45) is 1.42. The molecule has 0 fully saturated rings. The summed E-state index contributed by atoms with van der Waals surface area (Å²) in [6, 6.07) is 6.10.